The van der Waals surface area contributed by atoms with Crippen molar-refractivity contribution in [2.24, 2.45) is 29.6 Å². The van der Waals surface area contributed by atoms with Gasteiger partial charge in [0.15, 0.2) is 5.78 Å². The minimum absolute atomic E-state index is 0.0278. The molecule has 1 aromatic carbocycles. The first kappa shape index (κ1) is 23.7. The number of fused-ring (bicyclic) bond motifs is 1. The molecule has 0 bridgehead atoms. The molecule has 0 amide bonds. The first-order valence-corrected chi connectivity index (χ1v) is 12.6. The summed E-state index contributed by atoms with van der Waals surface area (Å²) in [4.78, 5) is 37.1. The van der Waals surface area contributed by atoms with E-state index in [9.17, 15) is 14.4 Å². The molecule has 3 fully saturated rings. The van der Waals surface area contributed by atoms with Crippen molar-refractivity contribution in [1.82, 2.24) is 0 Å². The molecule has 3 saturated carbocycles. The van der Waals surface area contributed by atoms with E-state index in [0.29, 0.717) is 17.4 Å². The minimum atomic E-state index is -0.319. The number of ether oxygens (including phenoxy) is 2. The van der Waals surface area contributed by atoms with Gasteiger partial charge in [0.2, 0.25) is 0 Å². The molecule has 178 valence electrons. The van der Waals surface area contributed by atoms with Crippen molar-refractivity contribution in [3.63, 3.8) is 0 Å². The molecule has 7 atom stereocenters. The Hall–Kier alpha value is -2.43. The van der Waals surface area contributed by atoms with Crippen LogP contribution in [0.15, 0.2) is 42.5 Å². The summed E-state index contributed by atoms with van der Waals surface area (Å²) in [6.07, 6.45) is 11.2. The SMILES string of the molecule is CCCC1CCC(C(=O)/C=C/C2C(OC(=O)c3ccccc3)C[C@H]3CC(OC(C)=O)C[C@@H]23)C1. The van der Waals surface area contributed by atoms with Gasteiger partial charge in [0.05, 0.1) is 5.56 Å². The van der Waals surface area contributed by atoms with Crippen molar-refractivity contribution in [2.75, 3.05) is 0 Å². The molecule has 0 heterocycles. The number of allylic oxidation sites excluding steroid dienone is 1. The number of carbonyl (C=O) groups is 3. The quantitative estimate of drug-likeness (QED) is 0.383. The third kappa shape index (κ3) is 5.74. The van der Waals surface area contributed by atoms with E-state index in [1.165, 1.54) is 19.8 Å². The van der Waals surface area contributed by atoms with Crippen molar-refractivity contribution < 1.29 is 23.9 Å². The van der Waals surface area contributed by atoms with E-state index >= 15 is 0 Å². The Kier molecular flexibility index (Phi) is 7.67. The van der Waals surface area contributed by atoms with Crippen molar-refractivity contribution in [3.05, 3.63) is 48.0 Å². The molecule has 5 heteroatoms. The molecular formula is C28H36O5. The van der Waals surface area contributed by atoms with Crippen LogP contribution in [0.3, 0.4) is 0 Å². The van der Waals surface area contributed by atoms with Gasteiger partial charge >= 0.3 is 11.9 Å². The van der Waals surface area contributed by atoms with Gasteiger partial charge in [-0.2, -0.15) is 0 Å². The second kappa shape index (κ2) is 10.7. The Labute approximate surface area is 196 Å². The van der Waals surface area contributed by atoms with Crippen LogP contribution in [-0.2, 0) is 19.1 Å². The topological polar surface area (TPSA) is 69.7 Å². The monoisotopic (exact) mass is 452 g/mol. The normalized spacial score (nSPS) is 33.2. The fourth-order valence-corrected chi connectivity index (χ4v) is 6.43. The highest BCUT2D eigenvalue weighted by atomic mass is 16.5. The standard InChI is InChI=1S/C28H36O5/c1-3-7-19-10-11-21(14-19)26(30)13-12-24-25-17-23(32-18(2)29)15-22(25)16-27(24)33-28(31)20-8-5-4-6-9-20/h4-6,8-9,12-13,19,21-25,27H,3,7,10-11,14-17H2,1-2H3/b13-12+/t19?,21?,22-,23?,24?,25-,27?/m1/s1. The van der Waals surface area contributed by atoms with E-state index < -0.39 is 0 Å². The largest absolute Gasteiger partial charge is 0.463 e. The van der Waals surface area contributed by atoms with E-state index in [0.717, 1.165) is 38.5 Å². The molecule has 0 aliphatic heterocycles. The molecule has 0 aromatic heterocycles. The number of ketones is 1. The zero-order valence-corrected chi connectivity index (χ0v) is 19.8. The molecule has 5 nitrogen and oxygen atoms in total. The van der Waals surface area contributed by atoms with E-state index in [2.05, 4.69) is 6.92 Å². The van der Waals surface area contributed by atoms with Crippen LogP contribution < -0.4 is 0 Å². The van der Waals surface area contributed by atoms with Gasteiger partial charge in [0.1, 0.15) is 12.2 Å². The predicted molar refractivity (Wildman–Crippen MR) is 125 cm³/mol. The fraction of sp³-hybridized carbons (Fsp3) is 0.607. The lowest BCUT2D eigenvalue weighted by molar-refractivity contribution is -0.146. The molecule has 5 unspecified atom stereocenters. The Morgan fingerprint density at radius 3 is 2.52 bits per heavy atom. The Balaban J connectivity index is 1.45. The summed E-state index contributed by atoms with van der Waals surface area (Å²) < 4.78 is 11.4. The van der Waals surface area contributed by atoms with E-state index in [4.69, 9.17) is 9.47 Å². The van der Waals surface area contributed by atoms with Crippen LogP contribution in [0.1, 0.15) is 75.6 Å². The summed E-state index contributed by atoms with van der Waals surface area (Å²) in [5.74, 6) is 0.984. The summed E-state index contributed by atoms with van der Waals surface area (Å²) in [6, 6.07) is 9.05. The van der Waals surface area contributed by atoms with Crippen LogP contribution in [0.5, 0.6) is 0 Å². The van der Waals surface area contributed by atoms with Gasteiger partial charge < -0.3 is 9.47 Å². The highest BCUT2D eigenvalue weighted by molar-refractivity contribution is 5.92. The van der Waals surface area contributed by atoms with Gasteiger partial charge in [-0.05, 0) is 74.5 Å². The lowest BCUT2D eigenvalue weighted by Gasteiger charge is -2.22. The minimum Gasteiger partial charge on any atom is -0.463 e. The van der Waals surface area contributed by atoms with Crippen LogP contribution in [0.2, 0.25) is 0 Å². The summed E-state index contributed by atoms with van der Waals surface area (Å²) in [5.41, 5.74) is 0.541. The van der Waals surface area contributed by atoms with Crippen LogP contribution >= 0.6 is 0 Å². The van der Waals surface area contributed by atoms with Crippen LogP contribution in [0.4, 0.5) is 0 Å². The number of hydrogen-bond acceptors (Lipinski definition) is 5. The van der Waals surface area contributed by atoms with Gasteiger partial charge in [0.25, 0.3) is 0 Å². The molecule has 1 aromatic rings. The van der Waals surface area contributed by atoms with Crippen molar-refractivity contribution in [3.8, 4) is 0 Å². The molecule has 3 aliphatic rings. The number of benzene rings is 1. The van der Waals surface area contributed by atoms with E-state index in [-0.39, 0.29) is 47.7 Å². The maximum Gasteiger partial charge on any atom is 0.338 e. The van der Waals surface area contributed by atoms with Crippen molar-refractivity contribution >= 4 is 17.7 Å². The smallest absolute Gasteiger partial charge is 0.338 e. The maximum atomic E-state index is 12.9. The Morgan fingerprint density at radius 2 is 1.79 bits per heavy atom. The summed E-state index contributed by atoms with van der Waals surface area (Å²) in [5, 5.41) is 0. The molecule has 3 aliphatic carbocycles. The Bertz CT molecular complexity index is 876. The first-order valence-electron chi connectivity index (χ1n) is 12.6. The van der Waals surface area contributed by atoms with Crippen LogP contribution in [-0.4, -0.2) is 29.9 Å². The van der Waals surface area contributed by atoms with E-state index in [1.807, 2.05) is 24.3 Å². The van der Waals surface area contributed by atoms with Gasteiger partial charge in [-0.1, -0.05) is 44.0 Å². The predicted octanol–water partition coefficient (Wildman–Crippen LogP) is 5.53. The molecular weight excluding hydrogens is 416 g/mol. The number of hydrogen-bond donors (Lipinski definition) is 0. The lowest BCUT2D eigenvalue weighted by Crippen LogP contribution is -2.26. The number of esters is 2. The number of carbonyl (C=O) groups excluding carboxylic acids is 3. The molecule has 0 spiro atoms. The average Bonchev–Trinajstić information content (AvgIpc) is 3.48. The van der Waals surface area contributed by atoms with Crippen LogP contribution in [0, 0.1) is 29.6 Å². The molecule has 4 rings (SSSR count). The fourth-order valence-electron chi connectivity index (χ4n) is 6.43. The second-order valence-corrected chi connectivity index (χ2v) is 10.2. The summed E-state index contributed by atoms with van der Waals surface area (Å²) >= 11 is 0. The maximum absolute atomic E-state index is 12.9. The van der Waals surface area contributed by atoms with Gasteiger partial charge in [-0.3, -0.25) is 9.59 Å². The highest BCUT2D eigenvalue weighted by Gasteiger charge is 2.50. The Morgan fingerprint density at radius 1 is 1.00 bits per heavy atom. The highest BCUT2D eigenvalue weighted by Crippen LogP contribution is 2.50. The van der Waals surface area contributed by atoms with Gasteiger partial charge in [-0.15, -0.1) is 0 Å². The van der Waals surface area contributed by atoms with E-state index in [1.54, 1.807) is 18.2 Å². The zero-order chi connectivity index (χ0) is 23.4. The summed E-state index contributed by atoms with van der Waals surface area (Å²) in [6.45, 7) is 3.65. The van der Waals surface area contributed by atoms with Gasteiger partial charge in [0, 0.05) is 18.8 Å². The molecule has 0 N–H and O–H groups in total. The lowest BCUT2D eigenvalue weighted by atomic mass is 9.89. The van der Waals surface area contributed by atoms with Crippen molar-refractivity contribution in [1.29, 1.82) is 0 Å². The third-order valence-corrected chi connectivity index (χ3v) is 7.89. The number of rotatable bonds is 8. The third-order valence-electron chi connectivity index (χ3n) is 7.89. The average molecular weight is 453 g/mol. The zero-order valence-electron chi connectivity index (χ0n) is 19.8. The van der Waals surface area contributed by atoms with Gasteiger partial charge in [-0.25, -0.2) is 4.79 Å². The van der Waals surface area contributed by atoms with Crippen molar-refractivity contribution in [2.45, 2.75) is 77.4 Å². The molecule has 0 radical (unpaired) electrons. The molecule has 0 saturated heterocycles. The van der Waals surface area contributed by atoms with Crippen LogP contribution in [0.25, 0.3) is 0 Å². The summed E-state index contributed by atoms with van der Waals surface area (Å²) in [7, 11) is 0. The first-order chi connectivity index (χ1) is 15.9. The second-order valence-electron chi connectivity index (χ2n) is 10.2. The molecule has 33 heavy (non-hydrogen) atoms.